The van der Waals surface area contributed by atoms with E-state index in [0.717, 1.165) is 16.9 Å². The molecule has 0 aliphatic carbocycles. The Bertz CT molecular complexity index is 830. The van der Waals surface area contributed by atoms with E-state index in [1.54, 1.807) is 17.4 Å². The average molecular weight is 364 g/mol. The molecule has 1 N–H and O–H groups in total. The Morgan fingerprint density at radius 2 is 2.12 bits per heavy atom. The van der Waals surface area contributed by atoms with E-state index in [4.69, 9.17) is 0 Å². The monoisotopic (exact) mass is 364 g/mol. The van der Waals surface area contributed by atoms with Gasteiger partial charge in [0.15, 0.2) is 0 Å². The molecule has 7 heteroatoms. The number of aryl methyl sites for hydroxylation is 1. The van der Waals surface area contributed by atoms with Gasteiger partial charge in [0.1, 0.15) is 0 Å². The number of nitrogens with one attached hydrogen (secondary N) is 1. The lowest BCUT2D eigenvalue weighted by atomic mass is 10.1. The summed E-state index contributed by atoms with van der Waals surface area (Å²) >= 11 is 1.54. The minimum Gasteiger partial charge on any atom is -0.326 e. The molecule has 24 heavy (non-hydrogen) atoms. The van der Waals surface area contributed by atoms with E-state index < -0.39 is 10.0 Å². The molecular formula is C17H20N2O3S2. The van der Waals surface area contributed by atoms with Gasteiger partial charge in [-0.1, -0.05) is 12.1 Å². The zero-order chi connectivity index (χ0) is 17.2. The summed E-state index contributed by atoms with van der Waals surface area (Å²) in [6, 6.07) is 9.25. The summed E-state index contributed by atoms with van der Waals surface area (Å²) in [6.07, 6.45) is 1.88. The standard InChI is InChI=1S/C17H20N2O3S2/c1-13-6-7-14(18-17(20)12-15-5-4-9-23-15)11-16(13)19-8-2-3-10-24(19,21)22/h4-7,9,11H,2-3,8,10,12H2,1H3,(H,18,20). The van der Waals surface area contributed by atoms with Crippen molar-refractivity contribution in [1.29, 1.82) is 0 Å². The summed E-state index contributed by atoms with van der Waals surface area (Å²) in [5.74, 6) is 0.0789. The largest absolute Gasteiger partial charge is 0.326 e. The predicted octanol–water partition coefficient (Wildman–Crippen LogP) is 3.17. The van der Waals surface area contributed by atoms with Gasteiger partial charge < -0.3 is 5.32 Å². The first kappa shape index (κ1) is 17.0. The Morgan fingerprint density at radius 3 is 2.83 bits per heavy atom. The van der Waals surface area contributed by atoms with E-state index in [1.165, 1.54) is 4.31 Å². The molecule has 1 aliphatic rings. The van der Waals surface area contributed by atoms with E-state index in [2.05, 4.69) is 5.32 Å². The number of carbonyl (C=O) groups excluding carboxylic acids is 1. The predicted molar refractivity (Wildman–Crippen MR) is 98.2 cm³/mol. The number of sulfonamides is 1. The highest BCUT2D eigenvalue weighted by atomic mass is 32.2. The van der Waals surface area contributed by atoms with Crippen LogP contribution < -0.4 is 9.62 Å². The molecule has 1 saturated heterocycles. The van der Waals surface area contributed by atoms with Crippen molar-refractivity contribution in [1.82, 2.24) is 0 Å². The molecule has 0 bridgehead atoms. The summed E-state index contributed by atoms with van der Waals surface area (Å²) in [5, 5.41) is 4.80. The molecule has 0 atom stereocenters. The first-order valence-corrected chi connectivity index (χ1v) is 10.4. The summed E-state index contributed by atoms with van der Waals surface area (Å²) < 4.78 is 26.1. The maximum atomic E-state index is 12.3. The molecule has 3 rings (SSSR count). The number of anilines is 2. The fraction of sp³-hybridized carbons (Fsp3) is 0.353. The van der Waals surface area contributed by atoms with Crippen LogP contribution in [-0.4, -0.2) is 26.6 Å². The third-order valence-electron chi connectivity index (χ3n) is 4.03. The van der Waals surface area contributed by atoms with Crippen LogP contribution in [0.5, 0.6) is 0 Å². The molecule has 1 fully saturated rings. The van der Waals surface area contributed by atoms with Crippen molar-refractivity contribution in [3.8, 4) is 0 Å². The molecule has 5 nitrogen and oxygen atoms in total. The number of hydrogen-bond donors (Lipinski definition) is 1. The smallest absolute Gasteiger partial charge is 0.235 e. The molecule has 0 saturated carbocycles. The van der Waals surface area contributed by atoms with Gasteiger partial charge in [-0.3, -0.25) is 9.10 Å². The number of amides is 1. The fourth-order valence-corrected chi connectivity index (χ4v) is 5.19. The van der Waals surface area contributed by atoms with Crippen molar-refractivity contribution in [2.24, 2.45) is 0 Å². The van der Waals surface area contributed by atoms with Gasteiger partial charge in [-0.05, 0) is 48.9 Å². The number of nitrogens with zero attached hydrogens (tertiary/aromatic N) is 1. The van der Waals surface area contributed by atoms with E-state index in [1.807, 2.05) is 36.6 Å². The zero-order valence-corrected chi connectivity index (χ0v) is 15.1. The molecule has 1 aromatic heterocycles. The maximum absolute atomic E-state index is 12.3. The zero-order valence-electron chi connectivity index (χ0n) is 13.5. The van der Waals surface area contributed by atoms with Crippen LogP contribution in [0.4, 0.5) is 11.4 Å². The van der Waals surface area contributed by atoms with Gasteiger partial charge in [0.05, 0.1) is 17.9 Å². The van der Waals surface area contributed by atoms with Crippen molar-refractivity contribution in [2.75, 3.05) is 21.9 Å². The highest BCUT2D eigenvalue weighted by molar-refractivity contribution is 7.92. The SMILES string of the molecule is Cc1ccc(NC(=O)Cc2cccs2)cc1N1CCCCS1(=O)=O. The van der Waals surface area contributed by atoms with Crippen molar-refractivity contribution >= 4 is 38.6 Å². The maximum Gasteiger partial charge on any atom is 0.235 e. The van der Waals surface area contributed by atoms with E-state index >= 15 is 0 Å². The Labute approximate surface area is 146 Å². The summed E-state index contributed by atoms with van der Waals surface area (Å²) in [7, 11) is -3.26. The fourth-order valence-electron chi connectivity index (χ4n) is 2.79. The molecule has 1 aliphatic heterocycles. The van der Waals surface area contributed by atoms with Gasteiger partial charge in [0.2, 0.25) is 15.9 Å². The molecule has 1 aromatic carbocycles. The summed E-state index contributed by atoms with van der Waals surface area (Å²) in [4.78, 5) is 13.1. The molecule has 128 valence electrons. The molecule has 0 radical (unpaired) electrons. The van der Waals surface area contributed by atoms with Crippen LogP contribution in [0.1, 0.15) is 23.3 Å². The van der Waals surface area contributed by atoms with Crippen LogP contribution in [0.25, 0.3) is 0 Å². The first-order chi connectivity index (χ1) is 11.5. The number of hydrogen-bond acceptors (Lipinski definition) is 4. The van der Waals surface area contributed by atoms with Crippen molar-refractivity contribution in [3.05, 3.63) is 46.2 Å². The van der Waals surface area contributed by atoms with Crippen molar-refractivity contribution in [2.45, 2.75) is 26.2 Å². The Morgan fingerprint density at radius 1 is 1.29 bits per heavy atom. The number of rotatable bonds is 4. The van der Waals surface area contributed by atoms with Gasteiger partial charge in [0.25, 0.3) is 0 Å². The minimum absolute atomic E-state index is 0.103. The van der Waals surface area contributed by atoms with Crippen molar-refractivity contribution < 1.29 is 13.2 Å². The Hall–Kier alpha value is -1.86. The molecule has 0 unspecified atom stereocenters. The second-order valence-electron chi connectivity index (χ2n) is 5.90. The first-order valence-electron chi connectivity index (χ1n) is 7.89. The van der Waals surface area contributed by atoms with Crippen LogP contribution in [0, 0.1) is 6.92 Å². The average Bonchev–Trinajstić information content (AvgIpc) is 3.02. The molecule has 0 spiro atoms. The van der Waals surface area contributed by atoms with Gasteiger partial charge in [-0.15, -0.1) is 11.3 Å². The van der Waals surface area contributed by atoms with E-state index in [9.17, 15) is 13.2 Å². The lowest BCUT2D eigenvalue weighted by Gasteiger charge is -2.29. The molecular weight excluding hydrogens is 344 g/mol. The van der Waals surface area contributed by atoms with Crippen LogP contribution in [-0.2, 0) is 21.2 Å². The number of thiophene rings is 1. The Kier molecular flexibility index (Phi) is 4.91. The molecule has 2 aromatic rings. The van der Waals surface area contributed by atoms with Gasteiger partial charge >= 0.3 is 0 Å². The second-order valence-corrected chi connectivity index (χ2v) is 8.95. The lowest BCUT2D eigenvalue weighted by molar-refractivity contribution is -0.115. The Balaban J connectivity index is 1.80. The lowest BCUT2D eigenvalue weighted by Crippen LogP contribution is -2.38. The topological polar surface area (TPSA) is 66.5 Å². The van der Waals surface area contributed by atoms with Gasteiger partial charge in [-0.25, -0.2) is 8.42 Å². The van der Waals surface area contributed by atoms with E-state index in [0.29, 0.717) is 30.8 Å². The minimum atomic E-state index is -3.26. The highest BCUT2D eigenvalue weighted by Gasteiger charge is 2.27. The van der Waals surface area contributed by atoms with Crippen molar-refractivity contribution in [3.63, 3.8) is 0 Å². The van der Waals surface area contributed by atoms with Crippen LogP contribution in [0.2, 0.25) is 0 Å². The third-order valence-corrected chi connectivity index (χ3v) is 6.76. The quantitative estimate of drug-likeness (QED) is 0.906. The normalized spacial score (nSPS) is 16.8. The van der Waals surface area contributed by atoms with Crippen LogP contribution in [0.15, 0.2) is 35.7 Å². The summed E-state index contributed by atoms with van der Waals surface area (Å²) in [5.41, 5.74) is 2.17. The van der Waals surface area contributed by atoms with Crippen LogP contribution >= 0.6 is 11.3 Å². The summed E-state index contributed by atoms with van der Waals surface area (Å²) in [6.45, 7) is 2.38. The van der Waals surface area contributed by atoms with Gasteiger partial charge in [0, 0.05) is 17.1 Å². The number of carbonyl (C=O) groups is 1. The van der Waals surface area contributed by atoms with Gasteiger partial charge in [-0.2, -0.15) is 0 Å². The highest BCUT2D eigenvalue weighted by Crippen LogP contribution is 2.29. The number of benzene rings is 1. The molecule has 1 amide bonds. The van der Waals surface area contributed by atoms with Crippen LogP contribution in [0.3, 0.4) is 0 Å². The third kappa shape index (κ3) is 3.79. The molecule has 2 heterocycles. The van der Waals surface area contributed by atoms with E-state index in [-0.39, 0.29) is 11.7 Å². The second kappa shape index (κ2) is 6.94.